The summed E-state index contributed by atoms with van der Waals surface area (Å²) in [6, 6.07) is 3.38. The Morgan fingerprint density at radius 1 is 1.03 bits per heavy atom. The van der Waals surface area contributed by atoms with Crippen molar-refractivity contribution in [2.45, 2.75) is 58.3 Å². The number of hydrogen-bond acceptors (Lipinski definition) is 10. The summed E-state index contributed by atoms with van der Waals surface area (Å²) >= 11 is 6.19. The lowest BCUT2D eigenvalue weighted by Gasteiger charge is -2.44. The number of carbonyl (C=O) groups is 4. The van der Waals surface area contributed by atoms with Gasteiger partial charge in [-0.1, -0.05) is 11.6 Å². The highest BCUT2D eigenvalue weighted by molar-refractivity contribution is 6.32. The Morgan fingerprint density at radius 3 is 2.19 bits per heavy atom. The first-order valence-electron chi connectivity index (χ1n) is 9.60. The van der Waals surface area contributed by atoms with Crippen LogP contribution in [0.5, 0.6) is 5.75 Å². The summed E-state index contributed by atoms with van der Waals surface area (Å²) in [6.45, 7) is 4.39. The number of esters is 3. The van der Waals surface area contributed by atoms with Crippen molar-refractivity contribution >= 4 is 41.1 Å². The van der Waals surface area contributed by atoms with E-state index in [4.69, 9.17) is 41.0 Å². The maximum atomic E-state index is 11.9. The standard InChI is InChI=1S/C20H25ClN2O9/c1-9(24)23-17-19(30-12(4)27)18(29-11(3)26)16(8-28-10(2)25)32-20(17)31-15-6-5-13(22)7-14(15)21/h5-7,16-20H,8,22H2,1-4H3,(H,23,24)/t16-,17-,18-,19-,20-/m1/s1. The molecule has 1 amide bonds. The molecule has 0 saturated carbocycles. The first kappa shape index (κ1) is 25.2. The van der Waals surface area contributed by atoms with Gasteiger partial charge in [0.05, 0.1) is 5.02 Å². The lowest BCUT2D eigenvalue weighted by molar-refractivity contribution is -0.257. The van der Waals surface area contributed by atoms with E-state index < -0.39 is 54.5 Å². The molecule has 1 aliphatic rings. The summed E-state index contributed by atoms with van der Waals surface area (Å²) in [6.07, 6.45) is -4.80. The van der Waals surface area contributed by atoms with Crippen molar-refractivity contribution in [1.29, 1.82) is 0 Å². The molecule has 0 aromatic heterocycles. The van der Waals surface area contributed by atoms with Crippen molar-refractivity contribution in [3.8, 4) is 5.75 Å². The maximum Gasteiger partial charge on any atom is 0.303 e. The molecule has 1 aliphatic heterocycles. The van der Waals surface area contributed by atoms with Crippen molar-refractivity contribution < 1.29 is 42.9 Å². The van der Waals surface area contributed by atoms with Crippen LogP contribution in [0, 0.1) is 0 Å². The van der Waals surface area contributed by atoms with E-state index in [1.54, 1.807) is 6.07 Å². The average Bonchev–Trinajstić information content (AvgIpc) is 2.65. The van der Waals surface area contributed by atoms with E-state index in [1.165, 1.54) is 26.0 Å². The van der Waals surface area contributed by atoms with Crippen molar-refractivity contribution in [2.75, 3.05) is 12.3 Å². The third kappa shape index (κ3) is 6.99. The van der Waals surface area contributed by atoms with Gasteiger partial charge in [-0.2, -0.15) is 0 Å². The molecular formula is C20H25ClN2O9. The van der Waals surface area contributed by atoms with Gasteiger partial charge >= 0.3 is 17.9 Å². The van der Waals surface area contributed by atoms with Crippen LogP contribution in [0.4, 0.5) is 5.69 Å². The largest absolute Gasteiger partial charge is 0.463 e. The Kier molecular flexibility index (Phi) is 8.67. The summed E-state index contributed by atoms with van der Waals surface area (Å²) in [5, 5.41) is 2.76. The van der Waals surface area contributed by atoms with Crippen LogP contribution >= 0.6 is 11.6 Å². The van der Waals surface area contributed by atoms with Crippen LogP contribution in [-0.4, -0.2) is 61.1 Å². The van der Waals surface area contributed by atoms with Gasteiger partial charge in [0.2, 0.25) is 12.2 Å². The highest BCUT2D eigenvalue weighted by Crippen LogP contribution is 2.32. The van der Waals surface area contributed by atoms with E-state index in [2.05, 4.69) is 5.32 Å². The molecule has 176 valence electrons. The maximum absolute atomic E-state index is 11.9. The fourth-order valence-corrected chi connectivity index (χ4v) is 3.36. The van der Waals surface area contributed by atoms with Gasteiger partial charge in [0.1, 0.15) is 24.5 Å². The molecule has 32 heavy (non-hydrogen) atoms. The number of anilines is 1. The number of nitrogen functional groups attached to an aromatic ring is 1. The van der Waals surface area contributed by atoms with Gasteiger partial charge in [0.15, 0.2) is 12.2 Å². The van der Waals surface area contributed by atoms with Crippen molar-refractivity contribution in [1.82, 2.24) is 5.32 Å². The normalized spacial score (nSPS) is 24.7. The lowest BCUT2D eigenvalue weighted by Crippen LogP contribution is -2.67. The Hall–Kier alpha value is -3.05. The number of carbonyl (C=O) groups excluding carboxylic acids is 4. The average molecular weight is 473 g/mol. The fraction of sp³-hybridized carbons (Fsp3) is 0.500. The molecule has 12 heteroatoms. The van der Waals surface area contributed by atoms with E-state index >= 15 is 0 Å². The lowest BCUT2D eigenvalue weighted by atomic mass is 9.96. The second kappa shape index (κ2) is 11.0. The molecule has 0 spiro atoms. The van der Waals surface area contributed by atoms with Crippen LogP contribution in [0.15, 0.2) is 18.2 Å². The van der Waals surface area contributed by atoms with Gasteiger partial charge in [0, 0.05) is 33.4 Å². The molecule has 1 heterocycles. The topological polar surface area (TPSA) is 152 Å². The summed E-state index contributed by atoms with van der Waals surface area (Å²) in [4.78, 5) is 46.8. The quantitative estimate of drug-likeness (QED) is 0.333. The Bertz CT molecular complexity index is 879. The van der Waals surface area contributed by atoms with E-state index in [-0.39, 0.29) is 17.4 Å². The highest BCUT2D eigenvalue weighted by Gasteiger charge is 2.52. The Labute approximate surface area is 189 Å². The molecule has 3 N–H and O–H groups in total. The number of nitrogens with one attached hydrogen (secondary N) is 1. The summed E-state index contributed by atoms with van der Waals surface area (Å²) in [5.41, 5.74) is 6.10. The Morgan fingerprint density at radius 2 is 1.66 bits per heavy atom. The SMILES string of the molecule is CC(=O)N[C@H]1[C@H](Oc2ccc(N)cc2Cl)O[C@H](COC(C)=O)[C@@H](OC(C)=O)[C@@H]1OC(C)=O. The van der Waals surface area contributed by atoms with Gasteiger partial charge in [-0.15, -0.1) is 0 Å². The zero-order valence-corrected chi connectivity index (χ0v) is 18.7. The smallest absolute Gasteiger partial charge is 0.303 e. The molecular weight excluding hydrogens is 448 g/mol. The molecule has 2 rings (SSSR count). The van der Waals surface area contributed by atoms with Gasteiger partial charge < -0.3 is 34.7 Å². The summed E-state index contributed by atoms with van der Waals surface area (Å²) in [5.74, 6) is -2.35. The van der Waals surface area contributed by atoms with Crippen molar-refractivity contribution in [2.24, 2.45) is 0 Å². The summed E-state index contributed by atoms with van der Waals surface area (Å²) in [7, 11) is 0. The first-order chi connectivity index (χ1) is 15.0. The van der Waals surface area contributed by atoms with Gasteiger partial charge in [-0.25, -0.2) is 0 Å². The molecule has 1 saturated heterocycles. The zero-order chi connectivity index (χ0) is 24.0. The fourth-order valence-electron chi connectivity index (χ4n) is 3.13. The van der Waals surface area contributed by atoms with Gasteiger partial charge in [0.25, 0.3) is 0 Å². The number of ether oxygens (including phenoxy) is 5. The molecule has 5 atom stereocenters. The molecule has 1 fully saturated rings. The van der Waals surface area contributed by atoms with E-state index in [0.717, 1.165) is 13.8 Å². The molecule has 0 bridgehead atoms. The zero-order valence-electron chi connectivity index (χ0n) is 18.0. The molecule has 1 aromatic rings. The number of nitrogens with two attached hydrogens (primary N) is 1. The van der Waals surface area contributed by atoms with Crippen LogP contribution in [-0.2, 0) is 38.1 Å². The van der Waals surface area contributed by atoms with Crippen molar-refractivity contribution in [3.63, 3.8) is 0 Å². The summed E-state index contributed by atoms with van der Waals surface area (Å²) < 4.78 is 27.5. The number of hydrogen-bond donors (Lipinski definition) is 2. The van der Waals surface area contributed by atoms with Crippen molar-refractivity contribution in [3.05, 3.63) is 23.2 Å². The van der Waals surface area contributed by atoms with Crippen LogP contribution in [0.3, 0.4) is 0 Å². The predicted octanol–water partition coefficient (Wildman–Crippen LogP) is 0.957. The minimum absolute atomic E-state index is 0.165. The van der Waals surface area contributed by atoms with Crippen LogP contribution in [0.1, 0.15) is 27.7 Å². The van der Waals surface area contributed by atoms with Crippen LogP contribution in [0.25, 0.3) is 0 Å². The van der Waals surface area contributed by atoms with Gasteiger partial charge in [-0.3, -0.25) is 19.2 Å². The predicted molar refractivity (Wildman–Crippen MR) is 110 cm³/mol. The number of benzene rings is 1. The third-order valence-electron chi connectivity index (χ3n) is 4.27. The van der Waals surface area contributed by atoms with Gasteiger partial charge in [-0.05, 0) is 18.2 Å². The van der Waals surface area contributed by atoms with Crippen LogP contribution < -0.4 is 15.8 Å². The molecule has 11 nitrogen and oxygen atoms in total. The second-order valence-corrected chi connectivity index (χ2v) is 7.43. The molecule has 0 unspecified atom stereocenters. The number of amides is 1. The third-order valence-corrected chi connectivity index (χ3v) is 4.57. The number of rotatable bonds is 7. The van der Waals surface area contributed by atoms with E-state index in [9.17, 15) is 19.2 Å². The van der Waals surface area contributed by atoms with E-state index in [1.807, 2.05) is 0 Å². The van der Waals surface area contributed by atoms with Crippen LogP contribution in [0.2, 0.25) is 5.02 Å². The second-order valence-electron chi connectivity index (χ2n) is 7.03. The first-order valence-corrected chi connectivity index (χ1v) is 9.97. The Balaban J connectivity index is 2.47. The minimum atomic E-state index is -1.27. The molecule has 1 aromatic carbocycles. The number of halogens is 1. The molecule has 0 aliphatic carbocycles. The monoisotopic (exact) mass is 472 g/mol. The highest BCUT2D eigenvalue weighted by atomic mass is 35.5. The molecule has 0 radical (unpaired) electrons. The minimum Gasteiger partial charge on any atom is -0.463 e. The van der Waals surface area contributed by atoms with E-state index in [0.29, 0.717) is 5.69 Å².